The number of nitro groups is 1. The van der Waals surface area contributed by atoms with E-state index in [0.717, 1.165) is 32.0 Å². The van der Waals surface area contributed by atoms with Gasteiger partial charge in [0.25, 0.3) is 11.6 Å². The van der Waals surface area contributed by atoms with Gasteiger partial charge in [0.2, 0.25) is 0 Å². The molecule has 1 N–H and O–H groups in total. The summed E-state index contributed by atoms with van der Waals surface area (Å²) in [4.78, 5) is 25.5. The lowest BCUT2D eigenvalue weighted by Gasteiger charge is -2.32. The van der Waals surface area contributed by atoms with E-state index in [4.69, 9.17) is 11.6 Å². The van der Waals surface area contributed by atoms with E-state index in [1.165, 1.54) is 18.2 Å². The molecule has 0 unspecified atom stereocenters. The summed E-state index contributed by atoms with van der Waals surface area (Å²) in [5.41, 5.74) is 0.876. The first-order valence-corrected chi connectivity index (χ1v) is 9.02. The molecule has 0 aliphatic carbocycles. The van der Waals surface area contributed by atoms with Crippen LogP contribution in [-0.2, 0) is 0 Å². The third kappa shape index (κ3) is 4.36. The van der Waals surface area contributed by atoms with E-state index in [2.05, 4.69) is 12.2 Å². The van der Waals surface area contributed by atoms with Crippen LogP contribution >= 0.6 is 11.6 Å². The molecule has 1 aliphatic heterocycles. The molecule has 1 fully saturated rings. The standard InChI is InChI=1S/C19H19ClFN3O3/c1-12-3-2-8-23(11-12)17-7-4-13(9-18(17)24(26)27)19(25)22-14-5-6-16(21)15(20)10-14/h4-7,9-10,12H,2-3,8,11H2,1H3,(H,22,25)/t12-/m0/s1. The summed E-state index contributed by atoms with van der Waals surface area (Å²) in [5, 5.41) is 14.0. The molecule has 1 amide bonds. The van der Waals surface area contributed by atoms with Crippen LogP contribution in [-0.4, -0.2) is 23.9 Å². The van der Waals surface area contributed by atoms with Crippen LogP contribution in [0.4, 0.5) is 21.5 Å². The number of piperidine rings is 1. The average molecular weight is 392 g/mol. The molecule has 142 valence electrons. The average Bonchev–Trinajstić information content (AvgIpc) is 2.64. The Labute approximate surface area is 161 Å². The third-order valence-electron chi connectivity index (χ3n) is 4.61. The van der Waals surface area contributed by atoms with Crippen molar-refractivity contribution in [2.24, 2.45) is 5.92 Å². The number of nitrogens with one attached hydrogen (secondary N) is 1. The molecule has 0 radical (unpaired) electrons. The summed E-state index contributed by atoms with van der Waals surface area (Å²) in [6.07, 6.45) is 2.08. The molecule has 1 saturated heterocycles. The van der Waals surface area contributed by atoms with Gasteiger partial charge in [0.1, 0.15) is 11.5 Å². The number of benzene rings is 2. The van der Waals surface area contributed by atoms with Gasteiger partial charge >= 0.3 is 0 Å². The maximum Gasteiger partial charge on any atom is 0.293 e. The highest BCUT2D eigenvalue weighted by molar-refractivity contribution is 6.31. The van der Waals surface area contributed by atoms with Gasteiger partial charge in [-0.3, -0.25) is 14.9 Å². The molecular formula is C19H19ClFN3O3. The summed E-state index contributed by atoms with van der Waals surface area (Å²) < 4.78 is 13.2. The normalized spacial score (nSPS) is 16.9. The fourth-order valence-corrected chi connectivity index (χ4v) is 3.44. The molecule has 2 aromatic rings. The summed E-state index contributed by atoms with van der Waals surface area (Å²) in [7, 11) is 0. The molecule has 0 bridgehead atoms. The zero-order valence-electron chi connectivity index (χ0n) is 14.7. The Morgan fingerprint density at radius 2 is 2.11 bits per heavy atom. The number of nitrogens with zero attached hydrogens (tertiary/aromatic N) is 2. The quantitative estimate of drug-likeness (QED) is 0.595. The molecule has 3 rings (SSSR count). The van der Waals surface area contributed by atoms with Crippen LogP contribution in [0.15, 0.2) is 36.4 Å². The van der Waals surface area contributed by atoms with Crippen LogP contribution in [0, 0.1) is 21.8 Å². The predicted octanol–water partition coefficient (Wildman–Crippen LogP) is 4.88. The van der Waals surface area contributed by atoms with Crippen molar-refractivity contribution in [1.82, 2.24) is 0 Å². The van der Waals surface area contributed by atoms with E-state index in [1.54, 1.807) is 12.1 Å². The Kier molecular flexibility index (Phi) is 5.60. The maximum atomic E-state index is 13.2. The van der Waals surface area contributed by atoms with Crippen molar-refractivity contribution >= 4 is 34.6 Å². The molecule has 0 aromatic heterocycles. The second-order valence-electron chi connectivity index (χ2n) is 6.74. The first-order valence-electron chi connectivity index (χ1n) is 8.65. The smallest absolute Gasteiger partial charge is 0.293 e. The molecule has 2 aromatic carbocycles. The Morgan fingerprint density at radius 1 is 1.33 bits per heavy atom. The number of hydrogen-bond donors (Lipinski definition) is 1. The highest BCUT2D eigenvalue weighted by Gasteiger charge is 2.25. The van der Waals surface area contributed by atoms with Crippen molar-refractivity contribution in [3.63, 3.8) is 0 Å². The van der Waals surface area contributed by atoms with Crippen LogP contribution < -0.4 is 10.2 Å². The number of carbonyl (C=O) groups excluding carboxylic acids is 1. The lowest BCUT2D eigenvalue weighted by atomic mass is 9.99. The summed E-state index contributed by atoms with van der Waals surface area (Å²) in [5.74, 6) is -0.658. The fraction of sp³-hybridized carbons (Fsp3) is 0.316. The summed E-state index contributed by atoms with van der Waals surface area (Å²) in [6, 6.07) is 8.24. The second kappa shape index (κ2) is 7.92. The van der Waals surface area contributed by atoms with Crippen molar-refractivity contribution in [3.8, 4) is 0 Å². The highest BCUT2D eigenvalue weighted by Crippen LogP contribution is 2.32. The predicted molar refractivity (Wildman–Crippen MR) is 103 cm³/mol. The van der Waals surface area contributed by atoms with Crippen molar-refractivity contribution in [1.29, 1.82) is 0 Å². The van der Waals surface area contributed by atoms with Crippen LogP contribution in [0.2, 0.25) is 5.02 Å². The van der Waals surface area contributed by atoms with Crippen molar-refractivity contribution in [3.05, 3.63) is 62.9 Å². The molecule has 6 nitrogen and oxygen atoms in total. The number of halogens is 2. The van der Waals surface area contributed by atoms with Crippen molar-refractivity contribution in [2.75, 3.05) is 23.3 Å². The van der Waals surface area contributed by atoms with Gasteiger partial charge in [-0.15, -0.1) is 0 Å². The SMILES string of the molecule is C[C@H]1CCCN(c2ccc(C(=O)Nc3ccc(F)c(Cl)c3)cc2[N+](=O)[O-])C1. The second-order valence-corrected chi connectivity index (χ2v) is 7.14. The van der Waals surface area contributed by atoms with Gasteiger partial charge in [0.05, 0.1) is 9.95 Å². The molecule has 1 aliphatic rings. The van der Waals surface area contributed by atoms with Gasteiger partial charge in [-0.2, -0.15) is 0 Å². The van der Waals surface area contributed by atoms with Gasteiger partial charge in [0, 0.05) is 30.4 Å². The number of rotatable bonds is 4. The Morgan fingerprint density at radius 3 is 2.78 bits per heavy atom. The van der Waals surface area contributed by atoms with Crippen LogP contribution in [0.3, 0.4) is 0 Å². The Bertz CT molecular complexity index is 890. The molecule has 8 heteroatoms. The van der Waals surface area contributed by atoms with E-state index in [1.807, 2.05) is 4.90 Å². The number of amides is 1. The summed E-state index contributed by atoms with van der Waals surface area (Å²) >= 11 is 5.71. The number of anilines is 2. The van der Waals surface area contributed by atoms with Crippen molar-refractivity contribution < 1.29 is 14.1 Å². The Hall–Kier alpha value is -2.67. The maximum absolute atomic E-state index is 13.2. The largest absolute Gasteiger partial charge is 0.366 e. The molecular weight excluding hydrogens is 373 g/mol. The van der Waals surface area contributed by atoms with Gasteiger partial charge in [-0.25, -0.2) is 4.39 Å². The lowest BCUT2D eigenvalue weighted by molar-refractivity contribution is -0.384. The van der Waals surface area contributed by atoms with Gasteiger partial charge in [-0.1, -0.05) is 18.5 Å². The van der Waals surface area contributed by atoms with Crippen LogP contribution in [0.5, 0.6) is 0 Å². The van der Waals surface area contributed by atoms with E-state index in [-0.39, 0.29) is 16.3 Å². The summed E-state index contributed by atoms with van der Waals surface area (Å²) in [6.45, 7) is 3.62. The molecule has 0 spiro atoms. The van der Waals surface area contributed by atoms with Gasteiger partial charge in [-0.05, 0) is 49.1 Å². The number of nitro benzene ring substituents is 1. The number of carbonyl (C=O) groups is 1. The first-order chi connectivity index (χ1) is 12.8. The topological polar surface area (TPSA) is 75.5 Å². The molecule has 27 heavy (non-hydrogen) atoms. The van der Waals surface area contributed by atoms with E-state index in [9.17, 15) is 19.3 Å². The molecule has 1 heterocycles. The first kappa shape index (κ1) is 19.1. The fourth-order valence-electron chi connectivity index (χ4n) is 3.26. The zero-order valence-corrected chi connectivity index (χ0v) is 15.5. The number of hydrogen-bond acceptors (Lipinski definition) is 4. The zero-order chi connectivity index (χ0) is 19.6. The van der Waals surface area contributed by atoms with E-state index >= 15 is 0 Å². The minimum atomic E-state index is -0.592. The van der Waals surface area contributed by atoms with Gasteiger partial charge < -0.3 is 10.2 Å². The van der Waals surface area contributed by atoms with E-state index < -0.39 is 16.6 Å². The Balaban J connectivity index is 1.85. The minimum Gasteiger partial charge on any atom is -0.366 e. The minimum absolute atomic E-state index is 0.103. The van der Waals surface area contributed by atoms with E-state index in [0.29, 0.717) is 17.3 Å². The lowest BCUT2D eigenvalue weighted by Crippen LogP contribution is -2.34. The van der Waals surface area contributed by atoms with Crippen molar-refractivity contribution in [2.45, 2.75) is 19.8 Å². The highest BCUT2D eigenvalue weighted by atomic mass is 35.5. The third-order valence-corrected chi connectivity index (χ3v) is 4.90. The van der Waals surface area contributed by atoms with Crippen LogP contribution in [0.25, 0.3) is 0 Å². The molecule has 1 atom stereocenters. The molecule has 0 saturated carbocycles. The van der Waals surface area contributed by atoms with Gasteiger partial charge in [0.15, 0.2) is 0 Å². The van der Waals surface area contributed by atoms with Crippen LogP contribution in [0.1, 0.15) is 30.1 Å². The monoisotopic (exact) mass is 391 g/mol.